The Hall–Kier alpha value is -1.09. The quantitative estimate of drug-likeness (QED) is 0.784. The minimum absolute atomic E-state index is 0.825. The summed E-state index contributed by atoms with van der Waals surface area (Å²) in [5.41, 5.74) is 3.72. The van der Waals surface area contributed by atoms with E-state index in [4.69, 9.17) is 12.2 Å². The number of rotatable bonds is 2. The van der Waals surface area contributed by atoms with E-state index in [1.54, 1.807) is 0 Å². The molecule has 2 atom stereocenters. The SMILES string of the molecule is Cc1cccc2c1[nH]c(=S)n2CC1CC1C. The first-order chi connectivity index (χ1) is 7.66. The van der Waals surface area contributed by atoms with E-state index >= 15 is 0 Å². The van der Waals surface area contributed by atoms with Crippen molar-refractivity contribution in [1.82, 2.24) is 9.55 Å². The van der Waals surface area contributed by atoms with Crippen molar-refractivity contribution < 1.29 is 0 Å². The van der Waals surface area contributed by atoms with Crippen molar-refractivity contribution in [1.29, 1.82) is 0 Å². The van der Waals surface area contributed by atoms with Gasteiger partial charge >= 0.3 is 0 Å². The normalized spacial score (nSPS) is 23.9. The lowest BCUT2D eigenvalue weighted by Crippen LogP contribution is -2.00. The summed E-state index contributed by atoms with van der Waals surface area (Å²) in [6, 6.07) is 6.38. The molecule has 1 aliphatic carbocycles. The van der Waals surface area contributed by atoms with Crippen LogP contribution in [-0.4, -0.2) is 9.55 Å². The minimum atomic E-state index is 0.825. The highest BCUT2D eigenvalue weighted by Gasteiger charge is 2.33. The highest BCUT2D eigenvalue weighted by molar-refractivity contribution is 7.71. The van der Waals surface area contributed by atoms with Gasteiger partial charge in [-0.25, -0.2) is 0 Å². The van der Waals surface area contributed by atoms with E-state index in [1.807, 2.05) is 0 Å². The van der Waals surface area contributed by atoms with Crippen molar-refractivity contribution in [2.75, 3.05) is 0 Å². The van der Waals surface area contributed by atoms with Gasteiger partial charge in [0.05, 0.1) is 11.0 Å². The fourth-order valence-electron chi connectivity index (χ4n) is 2.39. The number of para-hydroxylation sites is 1. The predicted molar refractivity (Wildman–Crippen MR) is 69.1 cm³/mol. The van der Waals surface area contributed by atoms with Crippen LogP contribution in [-0.2, 0) is 6.54 Å². The van der Waals surface area contributed by atoms with Gasteiger partial charge in [0, 0.05) is 6.54 Å². The largest absolute Gasteiger partial charge is 0.330 e. The third-order valence-corrected chi connectivity index (χ3v) is 4.03. The number of aromatic amines is 1. The Labute approximate surface area is 100 Å². The average molecular weight is 232 g/mol. The van der Waals surface area contributed by atoms with Gasteiger partial charge in [0.25, 0.3) is 0 Å². The predicted octanol–water partition coefficient (Wildman–Crippen LogP) is 3.66. The number of nitrogens with one attached hydrogen (secondary N) is 1. The number of hydrogen-bond donors (Lipinski definition) is 1. The number of nitrogens with zero attached hydrogens (tertiary/aromatic N) is 1. The van der Waals surface area contributed by atoms with Crippen LogP contribution in [0.1, 0.15) is 18.9 Å². The zero-order chi connectivity index (χ0) is 11.3. The van der Waals surface area contributed by atoms with E-state index in [0.717, 1.165) is 23.2 Å². The Morgan fingerprint density at radius 3 is 2.94 bits per heavy atom. The minimum Gasteiger partial charge on any atom is -0.330 e. The van der Waals surface area contributed by atoms with Crippen LogP contribution in [0.25, 0.3) is 11.0 Å². The molecule has 84 valence electrons. The van der Waals surface area contributed by atoms with Crippen molar-refractivity contribution >= 4 is 23.3 Å². The fourth-order valence-corrected chi connectivity index (χ4v) is 2.67. The van der Waals surface area contributed by atoms with E-state index in [2.05, 4.69) is 41.6 Å². The summed E-state index contributed by atoms with van der Waals surface area (Å²) in [6.45, 7) is 5.51. The average Bonchev–Trinajstić information content (AvgIpc) is 2.84. The maximum atomic E-state index is 5.40. The van der Waals surface area contributed by atoms with Crippen LogP contribution in [0, 0.1) is 23.5 Å². The lowest BCUT2D eigenvalue weighted by molar-refractivity contribution is 0.600. The van der Waals surface area contributed by atoms with Crippen LogP contribution in [0.2, 0.25) is 0 Å². The molecule has 1 N–H and O–H groups in total. The molecule has 3 heteroatoms. The van der Waals surface area contributed by atoms with Gasteiger partial charge in [-0.15, -0.1) is 0 Å². The van der Waals surface area contributed by atoms with Crippen LogP contribution >= 0.6 is 12.2 Å². The highest BCUT2D eigenvalue weighted by Crippen LogP contribution is 2.39. The number of H-pyrrole nitrogens is 1. The molecule has 0 bridgehead atoms. The Kier molecular flexibility index (Phi) is 2.18. The molecule has 2 nitrogen and oxygen atoms in total. The van der Waals surface area contributed by atoms with Gasteiger partial charge in [0.2, 0.25) is 0 Å². The van der Waals surface area contributed by atoms with Gasteiger partial charge in [-0.05, 0) is 49.0 Å². The summed E-state index contributed by atoms with van der Waals surface area (Å²) in [4.78, 5) is 3.32. The van der Waals surface area contributed by atoms with E-state index in [9.17, 15) is 0 Å². The first-order valence-electron chi connectivity index (χ1n) is 5.85. The lowest BCUT2D eigenvalue weighted by atomic mass is 10.2. The van der Waals surface area contributed by atoms with Crippen molar-refractivity contribution in [3.05, 3.63) is 28.5 Å². The fraction of sp³-hybridized carbons (Fsp3) is 0.462. The van der Waals surface area contributed by atoms with Gasteiger partial charge < -0.3 is 9.55 Å². The van der Waals surface area contributed by atoms with Crippen molar-refractivity contribution in [3.8, 4) is 0 Å². The highest BCUT2D eigenvalue weighted by atomic mass is 32.1. The lowest BCUT2D eigenvalue weighted by Gasteiger charge is -2.03. The number of hydrogen-bond acceptors (Lipinski definition) is 1. The van der Waals surface area contributed by atoms with E-state index < -0.39 is 0 Å². The summed E-state index contributed by atoms with van der Waals surface area (Å²) in [5, 5.41) is 0. The third kappa shape index (κ3) is 1.50. The second kappa shape index (κ2) is 3.45. The third-order valence-electron chi connectivity index (χ3n) is 3.71. The second-order valence-electron chi connectivity index (χ2n) is 4.98. The van der Waals surface area contributed by atoms with Crippen molar-refractivity contribution in [2.24, 2.45) is 11.8 Å². The molecule has 0 saturated heterocycles. The molecule has 1 aliphatic rings. The summed E-state index contributed by atoms with van der Waals surface area (Å²) < 4.78 is 3.12. The van der Waals surface area contributed by atoms with Gasteiger partial charge in [-0.2, -0.15) is 0 Å². The first kappa shape index (κ1) is 10.1. The first-order valence-corrected chi connectivity index (χ1v) is 6.26. The van der Waals surface area contributed by atoms with E-state index in [-0.39, 0.29) is 0 Å². The molecule has 0 aliphatic heterocycles. The van der Waals surface area contributed by atoms with Crippen LogP contribution < -0.4 is 0 Å². The molecule has 1 heterocycles. The van der Waals surface area contributed by atoms with Crippen LogP contribution in [0.5, 0.6) is 0 Å². The number of fused-ring (bicyclic) bond motifs is 1. The van der Waals surface area contributed by atoms with Crippen LogP contribution in [0.4, 0.5) is 0 Å². The van der Waals surface area contributed by atoms with E-state index in [0.29, 0.717) is 0 Å². The number of aryl methyl sites for hydroxylation is 1. The molecular weight excluding hydrogens is 216 g/mol. The van der Waals surface area contributed by atoms with Crippen molar-refractivity contribution in [3.63, 3.8) is 0 Å². The number of benzene rings is 1. The topological polar surface area (TPSA) is 20.7 Å². The van der Waals surface area contributed by atoms with E-state index in [1.165, 1.54) is 23.0 Å². The van der Waals surface area contributed by atoms with Crippen LogP contribution in [0.3, 0.4) is 0 Å². The standard InChI is InChI=1S/C13H16N2S/c1-8-4-3-5-11-12(8)14-13(16)15(11)7-10-6-9(10)2/h3-5,9-10H,6-7H2,1-2H3,(H,14,16). The molecule has 1 aromatic heterocycles. The van der Waals surface area contributed by atoms with Crippen LogP contribution in [0.15, 0.2) is 18.2 Å². The van der Waals surface area contributed by atoms with Gasteiger partial charge in [-0.3, -0.25) is 0 Å². The zero-order valence-corrected chi connectivity index (χ0v) is 10.5. The number of aromatic nitrogens is 2. The molecule has 1 fully saturated rings. The Bertz CT molecular complexity index is 593. The monoisotopic (exact) mass is 232 g/mol. The van der Waals surface area contributed by atoms with Gasteiger partial charge in [0.1, 0.15) is 0 Å². The van der Waals surface area contributed by atoms with Gasteiger partial charge in [0.15, 0.2) is 4.77 Å². The Morgan fingerprint density at radius 2 is 2.25 bits per heavy atom. The maximum absolute atomic E-state index is 5.40. The molecule has 16 heavy (non-hydrogen) atoms. The molecule has 3 rings (SSSR count). The van der Waals surface area contributed by atoms with Gasteiger partial charge in [-0.1, -0.05) is 19.1 Å². The second-order valence-corrected chi connectivity index (χ2v) is 5.37. The Balaban J connectivity index is 2.12. The van der Waals surface area contributed by atoms with Crippen molar-refractivity contribution in [2.45, 2.75) is 26.8 Å². The molecule has 1 saturated carbocycles. The molecule has 1 aromatic carbocycles. The molecule has 0 amide bonds. The maximum Gasteiger partial charge on any atom is 0.178 e. The summed E-state index contributed by atoms with van der Waals surface area (Å²) in [7, 11) is 0. The molecule has 2 aromatic rings. The zero-order valence-electron chi connectivity index (χ0n) is 9.66. The smallest absolute Gasteiger partial charge is 0.178 e. The Morgan fingerprint density at radius 1 is 1.50 bits per heavy atom. The molecule has 0 spiro atoms. The summed E-state index contributed by atoms with van der Waals surface area (Å²) in [5.74, 6) is 1.70. The molecular formula is C13H16N2S. The molecule has 0 radical (unpaired) electrons. The summed E-state index contributed by atoms with van der Waals surface area (Å²) >= 11 is 5.40. The molecule has 2 unspecified atom stereocenters. The summed E-state index contributed by atoms with van der Waals surface area (Å²) in [6.07, 6.45) is 1.35. The number of imidazole rings is 1.